The molecule has 0 aliphatic rings. The first-order valence-electron chi connectivity index (χ1n) is 16.2. The van der Waals surface area contributed by atoms with Crippen LogP contribution in [0.3, 0.4) is 0 Å². The standard InChI is InChI=1S/C33H60O9S/c1-8-9-10-11-12-13-14-15-32-16-18-33(19-17-32)41-24-30(6)39-22-28(4)37-20-26(2)36-21-27(3)38-23-29(5)40-25-31(7)42-43(34)35/h16-19,26-31H,8-15,20-25H2,1-7H3,(H,34,35). The molecule has 0 fully saturated rings. The van der Waals surface area contributed by atoms with E-state index in [1.807, 2.05) is 34.6 Å². The van der Waals surface area contributed by atoms with Gasteiger partial charge < -0.3 is 28.4 Å². The fourth-order valence-electron chi connectivity index (χ4n) is 4.16. The highest BCUT2D eigenvalue weighted by Crippen LogP contribution is 2.16. The lowest BCUT2D eigenvalue weighted by Crippen LogP contribution is -2.30. The lowest BCUT2D eigenvalue weighted by molar-refractivity contribution is -0.0992. The zero-order valence-corrected chi connectivity index (χ0v) is 28.6. The van der Waals surface area contributed by atoms with Gasteiger partial charge in [-0.3, -0.25) is 8.74 Å². The lowest BCUT2D eigenvalue weighted by Gasteiger charge is -2.22. The van der Waals surface area contributed by atoms with Gasteiger partial charge in [-0.25, -0.2) is 0 Å². The smallest absolute Gasteiger partial charge is 0.302 e. The molecule has 252 valence electrons. The number of benzene rings is 1. The van der Waals surface area contributed by atoms with Crippen molar-refractivity contribution in [3.63, 3.8) is 0 Å². The van der Waals surface area contributed by atoms with E-state index in [2.05, 4.69) is 31.2 Å². The average Bonchev–Trinajstić information content (AvgIpc) is 2.98. The van der Waals surface area contributed by atoms with Crippen molar-refractivity contribution < 1.29 is 41.4 Å². The van der Waals surface area contributed by atoms with E-state index < -0.39 is 17.5 Å². The van der Waals surface area contributed by atoms with Crippen LogP contribution in [0, 0.1) is 0 Å². The summed E-state index contributed by atoms with van der Waals surface area (Å²) in [6.45, 7) is 16.1. The minimum absolute atomic E-state index is 0.0501. The van der Waals surface area contributed by atoms with E-state index in [1.165, 1.54) is 50.5 Å². The minimum atomic E-state index is -2.30. The molecule has 1 N–H and O–H groups in total. The predicted molar refractivity (Wildman–Crippen MR) is 172 cm³/mol. The molecular weight excluding hydrogens is 572 g/mol. The van der Waals surface area contributed by atoms with Crippen LogP contribution in [0.5, 0.6) is 5.75 Å². The first-order valence-corrected chi connectivity index (χ1v) is 17.2. The Kier molecular flexibility index (Phi) is 23.3. The molecule has 9 nitrogen and oxygen atoms in total. The summed E-state index contributed by atoms with van der Waals surface area (Å²) in [6, 6.07) is 8.45. The van der Waals surface area contributed by atoms with Crippen molar-refractivity contribution in [2.24, 2.45) is 0 Å². The molecule has 1 aromatic rings. The van der Waals surface area contributed by atoms with Gasteiger partial charge in [0.2, 0.25) is 0 Å². The van der Waals surface area contributed by atoms with Crippen molar-refractivity contribution in [1.29, 1.82) is 0 Å². The molecule has 0 aliphatic heterocycles. The van der Waals surface area contributed by atoms with Crippen LogP contribution < -0.4 is 4.74 Å². The van der Waals surface area contributed by atoms with E-state index in [4.69, 9.17) is 37.2 Å². The van der Waals surface area contributed by atoms with Gasteiger partial charge in [-0.1, -0.05) is 57.6 Å². The molecule has 43 heavy (non-hydrogen) atoms. The van der Waals surface area contributed by atoms with E-state index in [-0.39, 0.29) is 37.1 Å². The molecule has 0 aromatic heterocycles. The molecular formula is C33H60O9S. The van der Waals surface area contributed by atoms with Gasteiger partial charge in [0.05, 0.1) is 69.7 Å². The first-order chi connectivity index (χ1) is 20.6. The zero-order valence-electron chi connectivity index (χ0n) is 27.8. The molecule has 10 heteroatoms. The van der Waals surface area contributed by atoms with Crippen molar-refractivity contribution in [1.82, 2.24) is 0 Å². The van der Waals surface area contributed by atoms with Gasteiger partial charge in [0.1, 0.15) is 12.4 Å². The molecule has 0 spiro atoms. The summed E-state index contributed by atoms with van der Waals surface area (Å²) in [5.74, 6) is 0.871. The molecule has 7 unspecified atom stereocenters. The summed E-state index contributed by atoms with van der Waals surface area (Å²) in [7, 11) is 0. The molecule has 0 saturated heterocycles. The third-order valence-electron chi connectivity index (χ3n) is 6.80. The van der Waals surface area contributed by atoms with Gasteiger partial charge in [-0.15, -0.1) is 0 Å². The van der Waals surface area contributed by atoms with Crippen LogP contribution in [-0.4, -0.2) is 85.0 Å². The topological polar surface area (TPSA) is 102 Å². The van der Waals surface area contributed by atoms with Gasteiger partial charge in [-0.05, 0) is 72.1 Å². The molecule has 1 aromatic carbocycles. The number of rotatable bonds is 28. The molecule has 0 bridgehead atoms. The number of unbranched alkanes of at least 4 members (excludes halogenated alkanes) is 6. The molecule has 0 heterocycles. The fourth-order valence-corrected chi connectivity index (χ4v) is 4.50. The molecule has 0 radical (unpaired) electrons. The first kappa shape index (κ1) is 39.9. The minimum Gasteiger partial charge on any atom is -0.491 e. The van der Waals surface area contributed by atoms with Gasteiger partial charge >= 0.3 is 11.4 Å². The van der Waals surface area contributed by atoms with Crippen molar-refractivity contribution >= 4 is 11.4 Å². The Hall–Kier alpha value is -1.11. The average molecular weight is 633 g/mol. The highest BCUT2D eigenvalue weighted by Gasteiger charge is 2.14. The van der Waals surface area contributed by atoms with Crippen molar-refractivity contribution in [3.8, 4) is 5.75 Å². The Balaban J connectivity index is 2.10. The Morgan fingerprint density at radius 2 is 0.977 bits per heavy atom. The van der Waals surface area contributed by atoms with Crippen LogP contribution in [-0.2, 0) is 45.6 Å². The van der Waals surface area contributed by atoms with Crippen molar-refractivity contribution in [2.45, 2.75) is 136 Å². The fraction of sp³-hybridized carbons (Fsp3) is 0.818. The van der Waals surface area contributed by atoms with Crippen LogP contribution >= 0.6 is 0 Å². The van der Waals surface area contributed by atoms with Crippen LogP contribution in [0.1, 0.15) is 99.0 Å². The van der Waals surface area contributed by atoms with E-state index in [0.29, 0.717) is 33.0 Å². The monoisotopic (exact) mass is 632 g/mol. The Labute approximate surface area is 264 Å². The second-order valence-electron chi connectivity index (χ2n) is 11.7. The summed E-state index contributed by atoms with van der Waals surface area (Å²) in [6.07, 6.45) is 9.46. The summed E-state index contributed by atoms with van der Waals surface area (Å²) in [5.41, 5.74) is 1.37. The second kappa shape index (κ2) is 25.1. The van der Waals surface area contributed by atoms with Crippen LogP contribution in [0.15, 0.2) is 24.3 Å². The van der Waals surface area contributed by atoms with Crippen molar-refractivity contribution in [2.75, 3.05) is 39.6 Å². The van der Waals surface area contributed by atoms with Gasteiger partial charge in [-0.2, -0.15) is 4.21 Å². The quantitative estimate of drug-likeness (QED) is 0.0779. The van der Waals surface area contributed by atoms with E-state index in [1.54, 1.807) is 6.92 Å². The van der Waals surface area contributed by atoms with E-state index in [0.717, 1.165) is 12.2 Å². The molecule has 7 atom stereocenters. The van der Waals surface area contributed by atoms with Gasteiger partial charge in [0.15, 0.2) is 0 Å². The normalized spacial score (nSPS) is 16.7. The third kappa shape index (κ3) is 23.0. The maximum absolute atomic E-state index is 10.6. The zero-order chi connectivity index (χ0) is 31.9. The Morgan fingerprint density at radius 3 is 1.42 bits per heavy atom. The van der Waals surface area contributed by atoms with Gasteiger partial charge in [0, 0.05) is 0 Å². The maximum Gasteiger partial charge on any atom is 0.302 e. The molecule has 0 amide bonds. The van der Waals surface area contributed by atoms with E-state index >= 15 is 0 Å². The maximum atomic E-state index is 10.6. The van der Waals surface area contributed by atoms with Crippen LogP contribution in [0.2, 0.25) is 0 Å². The van der Waals surface area contributed by atoms with Crippen LogP contribution in [0.4, 0.5) is 0 Å². The number of hydrogen-bond acceptors (Lipinski definition) is 8. The van der Waals surface area contributed by atoms with E-state index in [9.17, 15) is 4.21 Å². The number of aryl methyl sites for hydroxylation is 1. The Morgan fingerprint density at radius 1 is 0.581 bits per heavy atom. The van der Waals surface area contributed by atoms with Gasteiger partial charge in [0.25, 0.3) is 0 Å². The second-order valence-corrected chi connectivity index (χ2v) is 12.3. The molecule has 1 rings (SSSR count). The lowest BCUT2D eigenvalue weighted by atomic mass is 10.0. The number of hydrogen-bond donors (Lipinski definition) is 1. The van der Waals surface area contributed by atoms with Crippen molar-refractivity contribution in [3.05, 3.63) is 29.8 Å². The largest absolute Gasteiger partial charge is 0.491 e. The summed E-state index contributed by atoms with van der Waals surface area (Å²) >= 11 is -2.30. The molecule has 0 saturated carbocycles. The summed E-state index contributed by atoms with van der Waals surface area (Å²) < 4.78 is 59.1. The number of ether oxygens (including phenoxy) is 6. The van der Waals surface area contributed by atoms with Crippen LogP contribution in [0.25, 0.3) is 0 Å². The summed E-state index contributed by atoms with van der Waals surface area (Å²) in [5, 5.41) is 0. The molecule has 0 aliphatic carbocycles. The summed E-state index contributed by atoms with van der Waals surface area (Å²) in [4.78, 5) is 0. The SMILES string of the molecule is CCCCCCCCCc1ccc(OCC(C)OCC(C)OCC(C)OCC(C)OCC(C)OCC(C)OS(=O)O)cc1. The third-order valence-corrected chi connectivity index (χ3v) is 7.29. The predicted octanol–water partition coefficient (Wildman–Crippen LogP) is 6.93. The highest BCUT2D eigenvalue weighted by atomic mass is 32.2. The Bertz CT molecular complexity index is 810. The highest BCUT2D eigenvalue weighted by molar-refractivity contribution is 7.74.